The molecule has 26 heavy (non-hydrogen) atoms. The minimum atomic E-state index is -0.646. The fourth-order valence-corrected chi connectivity index (χ4v) is 2.11. The Labute approximate surface area is 147 Å². The third-order valence-corrected chi connectivity index (χ3v) is 3.45. The van der Waals surface area contributed by atoms with Gasteiger partial charge < -0.3 is 4.74 Å². The van der Waals surface area contributed by atoms with Gasteiger partial charge in [-0.3, -0.25) is 25.0 Å². The van der Waals surface area contributed by atoms with E-state index in [0.29, 0.717) is 11.1 Å². The van der Waals surface area contributed by atoms with Gasteiger partial charge in [-0.25, -0.2) is 5.43 Å². The van der Waals surface area contributed by atoms with E-state index in [1.54, 1.807) is 6.92 Å². The normalized spacial score (nSPS) is 10.5. The average molecular weight is 358 g/mol. The molecule has 0 radical (unpaired) electrons. The second kappa shape index (κ2) is 7.83. The van der Waals surface area contributed by atoms with Crippen LogP contribution in [0, 0.1) is 27.2 Å². The average Bonchev–Trinajstić information content (AvgIpc) is 2.61. The number of rotatable bonds is 6. The number of nitro benzene ring substituents is 2. The Morgan fingerprint density at radius 1 is 1.12 bits per heavy atom. The largest absolute Gasteiger partial charge is 0.490 e. The fraction of sp³-hybridized carbons (Fsp3) is 0.125. The first-order chi connectivity index (χ1) is 12.3. The lowest BCUT2D eigenvalue weighted by atomic mass is 10.1. The standard InChI is InChI=1S/C16H14N4O6/c1-10-3-5-12(8-13(10)19(22)23)16(21)18-17-9-11-4-6-15(26-2)14(7-11)20(24)25/h3-9H,1-2H3,(H,18,21)/b17-9-. The van der Waals surface area contributed by atoms with Crippen LogP contribution in [0.15, 0.2) is 41.5 Å². The van der Waals surface area contributed by atoms with Crippen molar-refractivity contribution >= 4 is 23.5 Å². The fourth-order valence-electron chi connectivity index (χ4n) is 2.11. The van der Waals surface area contributed by atoms with Crippen LogP contribution in [-0.4, -0.2) is 29.1 Å². The van der Waals surface area contributed by atoms with Gasteiger partial charge in [-0.05, 0) is 25.1 Å². The van der Waals surface area contributed by atoms with Gasteiger partial charge in [-0.15, -0.1) is 0 Å². The van der Waals surface area contributed by atoms with Crippen LogP contribution in [0.1, 0.15) is 21.5 Å². The lowest BCUT2D eigenvalue weighted by molar-refractivity contribution is -0.385. The van der Waals surface area contributed by atoms with Gasteiger partial charge in [0.05, 0.1) is 23.2 Å². The zero-order valence-electron chi connectivity index (χ0n) is 13.8. The number of carbonyl (C=O) groups excluding carboxylic acids is 1. The van der Waals surface area contributed by atoms with Crippen LogP contribution in [0.3, 0.4) is 0 Å². The Morgan fingerprint density at radius 2 is 1.81 bits per heavy atom. The summed E-state index contributed by atoms with van der Waals surface area (Å²) >= 11 is 0. The van der Waals surface area contributed by atoms with Crippen molar-refractivity contribution in [3.05, 3.63) is 73.3 Å². The third-order valence-electron chi connectivity index (χ3n) is 3.45. The number of nitro groups is 2. The van der Waals surface area contributed by atoms with Crippen molar-refractivity contribution in [1.82, 2.24) is 5.43 Å². The van der Waals surface area contributed by atoms with Crippen LogP contribution >= 0.6 is 0 Å². The number of nitrogens with one attached hydrogen (secondary N) is 1. The summed E-state index contributed by atoms with van der Waals surface area (Å²) in [6.45, 7) is 1.56. The monoisotopic (exact) mass is 358 g/mol. The molecular formula is C16H14N4O6. The molecule has 0 heterocycles. The van der Waals surface area contributed by atoms with E-state index in [1.165, 1.54) is 43.7 Å². The van der Waals surface area contributed by atoms with E-state index in [2.05, 4.69) is 10.5 Å². The molecule has 0 unspecified atom stereocenters. The van der Waals surface area contributed by atoms with E-state index in [4.69, 9.17) is 4.74 Å². The van der Waals surface area contributed by atoms with Gasteiger partial charge in [0.15, 0.2) is 5.75 Å². The maximum Gasteiger partial charge on any atom is 0.311 e. The molecule has 0 aliphatic rings. The van der Waals surface area contributed by atoms with Gasteiger partial charge >= 0.3 is 5.69 Å². The molecule has 2 aromatic rings. The Bertz CT molecular complexity index is 910. The molecule has 0 fully saturated rings. The van der Waals surface area contributed by atoms with Crippen LogP contribution in [0.25, 0.3) is 0 Å². The van der Waals surface area contributed by atoms with Crippen LogP contribution in [0.2, 0.25) is 0 Å². The summed E-state index contributed by atoms with van der Waals surface area (Å²) in [6, 6.07) is 8.22. The quantitative estimate of drug-likeness (QED) is 0.478. The summed E-state index contributed by atoms with van der Waals surface area (Å²) in [6.07, 6.45) is 1.22. The molecule has 0 aliphatic heterocycles. The number of carbonyl (C=O) groups is 1. The molecule has 0 aromatic heterocycles. The number of hydrogen-bond donors (Lipinski definition) is 1. The molecule has 1 amide bonds. The van der Waals surface area contributed by atoms with Crippen LogP contribution < -0.4 is 10.2 Å². The third kappa shape index (κ3) is 4.17. The van der Waals surface area contributed by atoms with Crippen molar-refractivity contribution in [2.24, 2.45) is 5.10 Å². The number of nitrogens with zero attached hydrogens (tertiary/aromatic N) is 3. The molecule has 10 heteroatoms. The first kappa shape index (κ1) is 18.5. The van der Waals surface area contributed by atoms with Crippen molar-refractivity contribution in [2.75, 3.05) is 7.11 Å². The summed E-state index contributed by atoms with van der Waals surface area (Å²) < 4.78 is 4.89. The van der Waals surface area contributed by atoms with E-state index in [1.807, 2.05) is 0 Å². The molecule has 0 saturated heterocycles. The van der Waals surface area contributed by atoms with E-state index in [-0.39, 0.29) is 22.7 Å². The number of aryl methyl sites for hydroxylation is 1. The second-order valence-electron chi connectivity index (χ2n) is 5.15. The van der Waals surface area contributed by atoms with Gasteiger partial charge in [0.2, 0.25) is 0 Å². The molecule has 10 nitrogen and oxygen atoms in total. The highest BCUT2D eigenvalue weighted by molar-refractivity contribution is 5.95. The number of benzene rings is 2. The Kier molecular flexibility index (Phi) is 5.58. The second-order valence-corrected chi connectivity index (χ2v) is 5.15. The SMILES string of the molecule is COc1ccc(/C=N\NC(=O)c2ccc(C)c([N+](=O)[O-])c2)cc1[N+](=O)[O-]. The van der Waals surface area contributed by atoms with E-state index < -0.39 is 15.8 Å². The highest BCUT2D eigenvalue weighted by Gasteiger charge is 2.16. The summed E-state index contributed by atoms with van der Waals surface area (Å²) in [7, 11) is 1.32. The molecule has 0 spiro atoms. The predicted octanol–water partition coefficient (Wildman–Crippen LogP) is 2.58. The topological polar surface area (TPSA) is 137 Å². The maximum absolute atomic E-state index is 12.0. The molecule has 2 aromatic carbocycles. The van der Waals surface area contributed by atoms with E-state index >= 15 is 0 Å². The number of ether oxygens (including phenoxy) is 1. The molecule has 0 aliphatic carbocycles. The zero-order chi connectivity index (χ0) is 19.3. The van der Waals surface area contributed by atoms with Gasteiger partial charge in [0, 0.05) is 28.8 Å². The lowest BCUT2D eigenvalue weighted by Gasteiger charge is -2.03. The van der Waals surface area contributed by atoms with Crippen molar-refractivity contribution in [3.63, 3.8) is 0 Å². The summed E-state index contributed by atoms with van der Waals surface area (Å²) in [5.74, 6) is -0.546. The Balaban J connectivity index is 2.14. The lowest BCUT2D eigenvalue weighted by Crippen LogP contribution is -2.17. The van der Waals surface area contributed by atoms with Gasteiger partial charge in [-0.2, -0.15) is 5.10 Å². The van der Waals surface area contributed by atoms with E-state index in [9.17, 15) is 25.0 Å². The number of amides is 1. The maximum atomic E-state index is 12.0. The molecule has 2 rings (SSSR count). The van der Waals surface area contributed by atoms with Crippen LogP contribution in [-0.2, 0) is 0 Å². The van der Waals surface area contributed by atoms with Crippen LogP contribution in [0.4, 0.5) is 11.4 Å². The summed E-state index contributed by atoms with van der Waals surface area (Å²) in [4.78, 5) is 32.7. The minimum absolute atomic E-state index is 0.0696. The molecule has 0 atom stereocenters. The number of hydrazone groups is 1. The predicted molar refractivity (Wildman–Crippen MR) is 92.5 cm³/mol. The Hall–Kier alpha value is -3.82. The highest BCUT2D eigenvalue weighted by Crippen LogP contribution is 2.26. The van der Waals surface area contributed by atoms with Crippen LogP contribution in [0.5, 0.6) is 5.75 Å². The highest BCUT2D eigenvalue weighted by atomic mass is 16.6. The minimum Gasteiger partial charge on any atom is -0.490 e. The Morgan fingerprint density at radius 3 is 2.42 bits per heavy atom. The molecule has 0 saturated carbocycles. The smallest absolute Gasteiger partial charge is 0.311 e. The van der Waals surface area contributed by atoms with Crippen molar-refractivity contribution < 1.29 is 19.4 Å². The van der Waals surface area contributed by atoms with Gasteiger partial charge in [0.1, 0.15) is 0 Å². The van der Waals surface area contributed by atoms with Gasteiger partial charge in [0.25, 0.3) is 11.6 Å². The van der Waals surface area contributed by atoms with Crippen molar-refractivity contribution in [3.8, 4) is 5.75 Å². The number of methoxy groups -OCH3 is 1. The first-order valence-corrected chi connectivity index (χ1v) is 7.24. The molecular weight excluding hydrogens is 344 g/mol. The summed E-state index contributed by atoms with van der Waals surface area (Å²) in [5, 5.41) is 25.6. The zero-order valence-corrected chi connectivity index (χ0v) is 13.8. The molecule has 134 valence electrons. The molecule has 1 N–H and O–H groups in total. The summed E-state index contributed by atoms with van der Waals surface area (Å²) in [5.41, 5.74) is 2.67. The van der Waals surface area contributed by atoms with Gasteiger partial charge in [-0.1, -0.05) is 6.07 Å². The first-order valence-electron chi connectivity index (χ1n) is 7.24. The molecule has 0 bridgehead atoms. The van der Waals surface area contributed by atoms with Crippen molar-refractivity contribution in [1.29, 1.82) is 0 Å². The van der Waals surface area contributed by atoms with Crippen molar-refractivity contribution in [2.45, 2.75) is 6.92 Å². The number of hydrogen-bond acceptors (Lipinski definition) is 7. The van der Waals surface area contributed by atoms with E-state index in [0.717, 1.165) is 6.07 Å².